The zero-order valence-corrected chi connectivity index (χ0v) is 11.6. The quantitative estimate of drug-likeness (QED) is 0.906. The van der Waals surface area contributed by atoms with Gasteiger partial charge in [-0.3, -0.25) is 4.90 Å². The van der Waals surface area contributed by atoms with Gasteiger partial charge in [0, 0.05) is 12.6 Å². The first-order valence-corrected chi connectivity index (χ1v) is 7.09. The molecule has 1 fully saturated rings. The predicted molar refractivity (Wildman–Crippen MR) is 75.6 cm³/mol. The van der Waals surface area contributed by atoms with Crippen LogP contribution in [-0.4, -0.2) is 29.2 Å². The van der Waals surface area contributed by atoms with Gasteiger partial charge in [0.05, 0.1) is 18.2 Å². The summed E-state index contributed by atoms with van der Waals surface area (Å²) in [6.45, 7) is 4.24. The van der Waals surface area contributed by atoms with E-state index in [1.165, 1.54) is 30.4 Å². The number of hydrogen-bond donors (Lipinski definition) is 1. The van der Waals surface area contributed by atoms with E-state index >= 15 is 0 Å². The van der Waals surface area contributed by atoms with Gasteiger partial charge in [0.15, 0.2) is 0 Å². The molecule has 0 saturated carbocycles. The van der Waals surface area contributed by atoms with E-state index in [1.54, 1.807) is 0 Å². The van der Waals surface area contributed by atoms with Crippen molar-refractivity contribution in [2.75, 3.05) is 13.2 Å². The molecule has 1 N–H and O–H groups in total. The number of aliphatic hydroxyl groups is 1. The molecule has 102 valence electrons. The summed E-state index contributed by atoms with van der Waals surface area (Å²) in [5, 5.41) is 18.4. The Morgan fingerprint density at radius 2 is 2.21 bits per heavy atom. The maximum Gasteiger partial charge on any atom is 0.0991 e. The predicted octanol–water partition coefficient (Wildman–Crippen LogP) is 2.60. The average Bonchev–Trinajstić information content (AvgIpc) is 2.66. The zero-order valence-electron chi connectivity index (χ0n) is 11.6. The standard InChI is InChI=1S/C16H22N2O/c1-13-9-14(10-17)6-7-15(13)11-18-8-4-2-3-5-16(18)12-19/h6-7,9,16,19H,2-5,8,11-12H2,1H3. The van der Waals surface area contributed by atoms with Gasteiger partial charge in [-0.15, -0.1) is 0 Å². The molecule has 1 heterocycles. The second-order valence-electron chi connectivity index (χ2n) is 5.41. The summed E-state index contributed by atoms with van der Waals surface area (Å²) in [5.41, 5.74) is 3.15. The number of nitrogens with zero attached hydrogens (tertiary/aromatic N) is 2. The van der Waals surface area contributed by atoms with Crippen molar-refractivity contribution in [2.24, 2.45) is 0 Å². The molecule has 1 aromatic carbocycles. The number of aliphatic hydroxyl groups excluding tert-OH is 1. The maximum absolute atomic E-state index is 9.53. The van der Waals surface area contributed by atoms with Crippen LogP contribution < -0.4 is 0 Å². The van der Waals surface area contributed by atoms with Gasteiger partial charge in [0.2, 0.25) is 0 Å². The third-order valence-corrected chi connectivity index (χ3v) is 4.05. The number of nitriles is 1. The van der Waals surface area contributed by atoms with Crippen molar-refractivity contribution in [3.63, 3.8) is 0 Å². The molecule has 0 bridgehead atoms. The van der Waals surface area contributed by atoms with Crippen LogP contribution in [0, 0.1) is 18.3 Å². The van der Waals surface area contributed by atoms with Crippen molar-refractivity contribution in [3.8, 4) is 6.07 Å². The van der Waals surface area contributed by atoms with Crippen molar-refractivity contribution in [1.82, 2.24) is 4.90 Å². The summed E-state index contributed by atoms with van der Waals surface area (Å²) in [4.78, 5) is 2.39. The lowest BCUT2D eigenvalue weighted by molar-refractivity contribution is 0.118. The van der Waals surface area contributed by atoms with Crippen LogP contribution in [0.25, 0.3) is 0 Å². The van der Waals surface area contributed by atoms with Crippen LogP contribution in [0.3, 0.4) is 0 Å². The Morgan fingerprint density at radius 1 is 1.37 bits per heavy atom. The van der Waals surface area contributed by atoms with Gasteiger partial charge in [0.1, 0.15) is 0 Å². The molecule has 3 heteroatoms. The van der Waals surface area contributed by atoms with Crippen LogP contribution in [0.4, 0.5) is 0 Å². The Kier molecular flexibility index (Phi) is 4.95. The average molecular weight is 258 g/mol. The Hall–Kier alpha value is -1.37. The highest BCUT2D eigenvalue weighted by Gasteiger charge is 2.20. The molecule has 1 aliphatic heterocycles. The molecule has 0 radical (unpaired) electrons. The van der Waals surface area contributed by atoms with E-state index < -0.39 is 0 Å². The van der Waals surface area contributed by atoms with Crippen LogP contribution >= 0.6 is 0 Å². The monoisotopic (exact) mass is 258 g/mol. The first-order valence-electron chi connectivity index (χ1n) is 7.09. The molecular formula is C16H22N2O. The Morgan fingerprint density at radius 3 is 2.89 bits per heavy atom. The number of hydrogen-bond acceptors (Lipinski definition) is 3. The lowest BCUT2D eigenvalue weighted by Crippen LogP contribution is -2.37. The van der Waals surface area contributed by atoms with Crippen molar-refractivity contribution in [2.45, 2.75) is 45.2 Å². The van der Waals surface area contributed by atoms with Gasteiger partial charge < -0.3 is 5.11 Å². The number of aryl methyl sites for hydroxylation is 1. The van der Waals surface area contributed by atoms with Gasteiger partial charge in [-0.1, -0.05) is 18.9 Å². The molecule has 1 aliphatic rings. The van der Waals surface area contributed by atoms with E-state index in [1.807, 2.05) is 18.2 Å². The smallest absolute Gasteiger partial charge is 0.0991 e. The van der Waals surface area contributed by atoms with Crippen LogP contribution in [0.5, 0.6) is 0 Å². The highest BCUT2D eigenvalue weighted by Crippen LogP contribution is 2.21. The third kappa shape index (κ3) is 3.56. The zero-order chi connectivity index (χ0) is 13.7. The van der Waals surface area contributed by atoms with Crippen LogP contribution in [0.1, 0.15) is 42.4 Å². The number of benzene rings is 1. The van der Waals surface area contributed by atoms with E-state index in [9.17, 15) is 5.11 Å². The lowest BCUT2D eigenvalue weighted by Gasteiger charge is -2.29. The molecule has 0 amide bonds. The SMILES string of the molecule is Cc1cc(C#N)ccc1CN1CCCCCC1CO. The molecule has 0 aromatic heterocycles. The highest BCUT2D eigenvalue weighted by molar-refractivity contribution is 5.37. The van der Waals surface area contributed by atoms with Gasteiger partial charge in [-0.05, 0) is 49.6 Å². The van der Waals surface area contributed by atoms with Crippen LogP contribution in [0.2, 0.25) is 0 Å². The molecule has 2 rings (SSSR count). The Bertz CT molecular complexity index is 464. The lowest BCUT2D eigenvalue weighted by atomic mass is 10.0. The molecule has 0 aliphatic carbocycles. The Labute approximate surface area is 115 Å². The van der Waals surface area contributed by atoms with E-state index in [4.69, 9.17) is 5.26 Å². The second-order valence-corrected chi connectivity index (χ2v) is 5.41. The molecule has 1 unspecified atom stereocenters. The van der Waals surface area contributed by atoms with Crippen LogP contribution in [0.15, 0.2) is 18.2 Å². The fraction of sp³-hybridized carbons (Fsp3) is 0.562. The first kappa shape index (κ1) is 14.0. The van der Waals surface area contributed by atoms with Gasteiger partial charge in [0.25, 0.3) is 0 Å². The fourth-order valence-electron chi connectivity index (χ4n) is 2.81. The van der Waals surface area contributed by atoms with Crippen molar-refractivity contribution in [3.05, 3.63) is 34.9 Å². The van der Waals surface area contributed by atoms with E-state index in [0.717, 1.165) is 25.1 Å². The van der Waals surface area contributed by atoms with Crippen LogP contribution in [-0.2, 0) is 6.54 Å². The van der Waals surface area contributed by atoms with Gasteiger partial charge in [-0.2, -0.15) is 5.26 Å². The first-order chi connectivity index (χ1) is 9.24. The van der Waals surface area contributed by atoms with E-state index in [0.29, 0.717) is 0 Å². The van der Waals surface area contributed by atoms with Gasteiger partial charge >= 0.3 is 0 Å². The fourth-order valence-corrected chi connectivity index (χ4v) is 2.81. The molecular weight excluding hydrogens is 236 g/mol. The topological polar surface area (TPSA) is 47.3 Å². The molecule has 0 spiro atoms. The highest BCUT2D eigenvalue weighted by atomic mass is 16.3. The molecule has 1 saturated heterocycles. The van der Waals surface area contributed by atoms with Gasteiger partial charge in [-0.25, -0.2) is 0 Å². The molecule has 1 atom stereocenters. The van der Waals surface area contributed by atoms with Crippen molar-refractivity contribution >= 4 is 0 Å². The summed E-state index contributed by atoms with van der Waals surface area (Å²) < 4.78 is 0. The summed E-state index contributed by atoms with van der Waals surface area (Å²) in [5.74, 6) is 0. The summed E-state index contributed by atoms with van der Waals surface area (Å²) >= 11 is 0. The van der Waals surface area contributed by atoms with Crippen molar-refractivity contribution < 1.29 is 5.11 Å². The maximum atomic E-state index is 9.53. The summed E-state index contributed by atoms with van der Waals surface area (Å²) in [6.07, 6.45) is 4.78. The summed E-state index contributed by atoms with van der Waals surface area (Å²) in [6, 6.07) is 8.34. The minimum Gasteiger partial charge on any atom is -0.395 e. The van der Waals surface area contributed by atoms with E-state index in [-0.39, 0.29) is 12.6 Å². The largest absolute Gasteiger partial charge is 0.395 e. The number of likely N-dealkylation sites (tertiary alicyclic amines) is 1. The van der Waals surface area contributed by atoms with Crippen molar-refractivity contribution in [1.29, 1.82) is 5.26 Å². The minimum atomic E-state index is 0.245. The second kappa shape index (κ2) is 6.70. The molecule has 19 heavy (non-hydrogen) atoms. The third-order valence-electron chi connectivity index (χ3n) is 4.05. The number of rotatable bonds is 3. The van der Waals surface area contributed by atoms with E-state index in [2.05, 4.69) is 17.9 Å². The minimum absolute atomic E-state index is 0.245. The summed E-state index contributed by atoms with van der Waals surface area (Å²) in [7, 11) is 0. The molecule has 1 aromatic rings. The Balaban J connectivity index is 2.12. The normalized spacial score (nSPS) is 20.8. The molecule has 3 nitrogen and oxygen atoms in total.